The number of methoxy groups -OCH3 is 1. The van der Waals surface area contributed by atoms with Crippen LogP contribution >= 0.6 is 0 Å². The minimum Gasteiger partial charge on any atom is -0.479 e. The first-order chi connectivity index (χ1) is 8.06. The molecule has 0 radical (unpaired) electrons. The van der Waals surface area contributed by atoms with Crippen molar-refractivity contribution >= 4 is 17.7 Å². The van der Waals surface area contributed by atoms with Gasteiger partial charge in [-0.1, -0.05) is 0 Å². The molecule has 1 heterocycles. The number of nitrogens with two attached hydrogens (primary N) is 1. The Kier molecular flexibility index (Phi) is 4.41. The quantitative estimate of drug-likeness (QED) is 0.627. The van der Waals surface area contributed by atoms with Gasteiger partial charge in [0.05, 0.1) is 12.1 Å². The molecular weight excluding hydrogens is 226 g/mol. The van der Waals surface area contributed by atoms with E-state index in [2.05, 4.69) is 10.3 Å². The van der Waals surface area contributed by atoms with E-state index in [1.807, 2.05) is 0 Å². The van der Waals surface area contributed by atoms with Crippen molar-refractivity contribution in [3.05, 3.63) is 23.9 Å². The summed E-state index contributed by atoms with van der Waals surface area (Å²) in [6.07, 6.45) is 0.454. The first-order valence-electron chi connectivity index (χ1n) is 4.80. The van der Waals surface area contributed by atoms with Crippen LogP contribution in [0.4, 0.5) is 5.82 Å². The molecule has 17 heavy (non-hydrogen) atoms. The molecule has 0 aliphatic rings. The Morgan fingerprint density at radius 2 is 2.35 bits per heavy atom. The predicted octanol–water partition coefficient (Wildman–Crippen LogP) is -0.308. The molecule has 1 rings (SSSR count). The number of carbonyl (C=O) groups is 2. The molecule has 7 nitrogen and oxygen atoms in total. The van der Waals surface area contributed by atoms with Crippen LogP contribution in [0.5, 0.6) is 0 Å². The number of anilines is 1. The van der Waals surface area contributed by atoms with E-state index in [9.17, 15) is 9.59 Å². The molecule has 92 valence electrons. The van der Waals surface area contributed by atoms with Crippen molar-refractivity contribution in [2.75, 3.05) is 19.0 Å². The van der Waals surface area contributed by atoms with Crippen LogP contribution in [0.2, 0.25) is 0 Å². The third-order valence-electron chi connectivity index (χ3n) is 2.09. The zero-order chi connectivity index (χ0) is 12.8. The van der Waals surface area contributed by atoms with Gasteiger partial charge < -0.3 is 20.9 Å². The molecule has 1 aromatic heterocycles. The van der Waals surface area contributed by atoms with Crippen LogP contribution in [0.1, 0.15) is 10.4 Å². The van der Waals surface area contributed by atoms with Gasteiger partial charge in [0.1, 0.15) is 5.82 Å². The number of primary amides is 1. The summed E-state index contributed by atoms with van der Waals surface area (Å²) in [5.74, 6) is -1.50. The number of pyridine rings is 1. The number of rotatable bonds is 6. The van der Waals surface area contributed by atoms with Gasteiger partial charge in [-0.05, 0) is 12.1 Å². The van der Waals surface area contributed by atoms with Gasteiger partial charge in [-0.25, -0.2) is 9.78 Å². The van der Waals surface area contributed by atoms with E-state index in [-0.39, 0.29) is 17.9 Å². The van der Waals surface area contributed by atoms with Gasteiger partial charge in [0.2, 0.25) is 0 Å². The smallest absolute Gasteiger partial charge is 0.334 e. The molecular formula is C10H13N3O4. The number of carboxylic acid groups (broad SMARTS) is 1. The Bertz CT molecular complexity index is 422. The van der Waals surface area contributed by atoms with Crippen molar-refractivity contribution in [2.24, 2.45) is 5.73 Å². The molecule has 0 aliphatic heterocycles. The highest BCUT2D eigenvalue weighted by molar-refractivity contribution is 5.97. The third kappa shape index (κ3) is 3.42. The molecule has 0 saturated carbocycles. The van der Waals surface area contributed by atoms with Crippen LogP contribution in [0.3, 0.4) is 0 Å². The molecule has 0 fully saturated rings. The molecule has 4 N–H and O–H groups in total. The number of nitrogens with one attached hydrogen (secondary N) is 1. The number of carboxylic acids is 1. The Morgan fingerprint density at radius 1 is 1.65 bits per heavy atom. The third-order valence-corrected chi connectivity index (χ3v) is 2.09. The minimum absolute atomic E-state index is 0.0108. The highest BCUT2D eigenvalue weighted by Gasteiger charge is 2.17. The molecule has 1 unspecified atom stereocenters. The summed E-state index contributed by atoms with van der Waals surface area (Å²) >= 11 is 0. The predicted molar refractivity (Wildman–Crippen MR) is 59.7 cm³/mol. The lowest BCUT2D eigenvalue weighted by molar-refractivity contribution is -0.147. The van der Waals surface area contributed by atoms with Gasteiger partial charge in [-0.15, -0.1) is 0 Å². The topological polar surface area (TPSA) is 115 Å². The van der Waals surface area contributed by atoms with Crippen molar-refractivity contribution in [3.63, 3.8) is 0 Å². The second kappa shape index (κ2) is 5.80. The summed E-state index contributed by atoms with van der Waals surface area (Å²) in [6.45, 7) is -0.0108. The lowest BCUT2D eigenvalue weighted by atomic mass is 10.2. The monoisotopic (exact) mass is 239 g/mol. The number of aromatic nitrogens is 1. The van der Waals surface area contributed by atoms with Gasteiger partial charge in [0, 0.05) is 13.3 Å². The summed E-state index contributed by atoms with van der Waals surface area (Å²) in [6, 6.07) is 3.07. The maximum atomic E-state index is 11.1. The second-order valence-corrected chi connectivity index (χ2v) is 3.21. The fourth-order valence-corrected chi connectivity index (χ4v) is 1.21. The number of hydrogen-bond acceptors (Lipinski definition) is 5. The number of aliphatic carboxylic acids is 1. The zero-order valence-electron chi connectivity index (χ0n) is 9.21. The Labute approximate surface area is 97.6 Å². The van der Waals surface area contributed by atoms with Crippen molar-refractivity contribution < 1.29 is 19.4 Å². The average molecular weight is 239 g/mol. The van der Waals surface area contributed by atoms with E-state index in [1.54, 1.807) is 6.07 Å². The molecule has 0 spiro atoms. The largest absolute Gasteiger partial charge is 0.479 e. The number of ether oxygens (including phenoxy) is 1. The highest BCUT2D eigenvalue weighted by Crippen LogP contribution is 2.10. The van der Waals surface area contributed by atoms with E-state index >= 15 is 0 Å². The van der Waals surface area contributed by atoms with Gasteiger partial charge in [-0.3, -0.25) is 4.79 Å². The fourth-order valence-electron chi connectivity index (χ4n) is 1.21. The van der Waals surface area contributed by atoms with Crippen molar-refractivity contribution in [1.29, 1.82) is 0 Å². The number of hydrogen-bond donors (Lipinski definition) is 3. The summed E-state index contributed by atoms with van der Waals surface area (Å²) in [4.78, 5) is 25.7. The molecule has 1 atom stereocenters. The molecule has 0 saturated heterocycles. The fraction of sp³-hybridized carbons (Fsp3) is 0.300. The zero-order valence-corrected chi connectivity index (χ0v) is 9.21. The lowest BCUT2D eigenvalue weighted by Crippen LogP contribution is -2.31. The maximum absolute atomic E-state index is 11.1. The van der Waals surface area contributed by atoms with E-state index in [0.29, 0.717) is 0 Å². The van der Waals surface area contributed by atoms with E-state index in [4.69, 9.17) is 15.6 Å². The Hall–Kier alpha value is -2.15. The standard InChI is InChI=1S/C10H13N3O4/c1-17-7(10(15)16)5-13-9-6(8(11)14)3-2-4-12-9/h2-4,7H,5H2,1H3,(H2,11,14)(H,12,13)(H,15,16). The van der Waals surface area contributed by atoms with Crippen molar-refractivity contribution in [2.45, 2.75) is 6.10 Å². The molecule has 1 aromatic rings. The SMILES string of the molecule is COC(CNc1ncccc1C(N)=O)C(=O)O. The van der Waals surface area contributed by atoms with Crippen LogP contribution < -0.4 is 11.1 Å². The summed E-state index contributed by atoms with van der Waals surface area (Å²) in [7, 11) is 1.29. The van der Waals surface area contributed by atoms with Gasteiger partial charge in [0.15, 0.2) is 6.10 Å². The minimum atomic E-state index is -1.10. The van der Waals surface area contributed by atoms with Crippen molar-refractivity contribution in [1.82, 2.24) is 4.98 Å². The number of carbonyl (C=O) groups excluding carboxylic acids is 1. The normalized spacial score (nSPS) is 11.8. The molecule has 1 amide bonds. The van der Waals surface area contributed by atoms with Gasteiger partial charge >= 0.3 is 5.97 Å². The number of nitrogens with zero attached hydrogens (tertiary/aromatic N) is 1. The van der Waals surface area contributed by atoms with Crippen LogP contribution in [0, 0.1) is 0 Å². The summed E-state index contributed by atoms with van der Waals surface area (Å²) in [5, 5.41) is 11.5. The first-order valence-corrected chi connectivity index (χ1v) is 4.80. The summed E-state index contributed by atoms with van der Waals surface area (Å²) < 4.78 is 4.73. The number of amides is 1. The van der Waals surface area contributed by atoms with Crippen LogP contribution in [0.25, 0.3) is 0 Å². The van der Waals surface area contributed by atoms with Crippen LogP contribution in [-0.2, 0) is 9.53 Å². The maximum Gasteiger partial charge on any atom is 0.334 e. The van der Waals surface area contributed by atoms with Crippen LogP contribution in [0.15, 0.2) is 18.3 Å². The summed E-state index contributed by atoms with van der Waals surface area (Å²) in [5.41, 5.74) is 5.35. The van der Waals surface area contributed by atoms with Crippen LogP contribution in [-0.4, -0.2) is 41.7 Å². The first kappa shape index (κ1) is 12.9. The van der Waals surface area contributed by atoms with E-state index in [1.165, 1.54) is 19.4 Å². The molecule has 0 aliphatic carbocycles. The highest BCUT2D eigenvalue weighted by atomic mass is 16.5. The van der Waals surface area contributed by atoms with Crippen molar-refractivity contribution in [3.8, 4) is 0 Å². The molecule has 0 aromatic carbocycles. The Morgan fingerprint density at radius 3 is 2.88 bits per heavy atom. The molecule has 0 bridgehead atoms. The van der Waals surface area contributed by atoms with Gasteiger partial charge in [0.25, 0.3) is 5.91 Å². The Balaban J connectivity index is 2.75. The van der Waals surface area contributed by atoms with Gasteiger partial charge in [-0.2, -0.15) is 0 Å². The molecule has 7 heteroatoms. The van der Waals surface area contributed by atoms with E-state index < -0.39 is 18.0 Å². The van der Waals surface area contributed by atoms with E-state index in [0.717, 1.165) is 0 Å². The second-order valence-electron chi connectivity index (χ2n) is 3.21. The lowest BCUT2D eigenvalue weighted by Gasteiger charge is -2.13. The average Bonchev–Trinajstić information content (AvgIpc) is 2.29.